The highest BCUT2D eigenvalue weighted by Crippen LogP contribution is 2.37. The predicted molar refractivity (Wildman–Crippen MR) is 188 cm³/mol. The van der Waals surface area contributed by atoms with Crippen molar-refractivity contribution in [3.63, 3.8) is 0 Å². The number of halogens is 2. The van der Waals surface area contributed by atoms with Gasteiger partial charge in [0, 0.05) is 17.7 Å². The Kier molecular flexibility index (Phi) is 14.6. The number of allylic oxidation sites excluding steroid dienone is 2. The van der Waals surface area contributed by atoms with E-state index in [1.165, 1.54) is 77.0 Å². The third kappa shape index (κ3) is 10.5. The molecule has 3 aromatic rings. The molecule has 4 rings (SSSR count). The lowest BCUT2D eigenvalue weighted by Gasteiger charge is -2.33. The van der Waals surface area contributed by atoms with Gasteiger partial charge in [-0.05, 0) is 41.5 Å². The molecule has 1 unspecified atom stereocenters. The lowest BCUT2D eigenvalue weighted by molar-refractivity contribution is -0.0165. The van der Waals surface area contributed by atoms with Crippen LogP contribution in [-0.2, 0) is 4.74 Å². The van der Waals surface area contributed by atoms with Crippen LogP contribution in [0.4, 0.5) is 8.78 Å². The highest BCUT2D eigenvalue weighted by atomic mass is 19.2. The van der Waals surface area contributed by atoms with E-state index in [4.69, 9.17) is 4.74 Å². The second kappa shape index (κ2) is 18.8. The van der Waals surface area contributed by atoms with Gasteiger partial charge in [0.25, 0.3) is 0 Å². The van der Waals surface area contributed by atoms with Gasteiger partial charge in [-0.2, -0.15) is 0 Å². The molecule has 3 heteroatoms. The van der Waals surface area contributed by atoms with Crippen LogP contribution >= 0.6 is 0 Å². The average Bonchev–Trinajstić information content (AvgIpc) is 3.08. The molecule has 1 aliphatic carbocycles. The second-order valence-electron chi connectivity index (χ2n) is 12.8. The molecule has 3 aromatic carbocycles. The van der Waals surface area contributed by atoms with Crippen molar-refractivity contribution in [2.45, 2.75) is 122 Å². The molecule has 1 aliphatic rings. The van der Waals surface area contributed by atoms with Crippen LogP contribution in [0.5, 0.6) is 0 Å². The van der Waals surface area contributed by atoms with Crippen LogP contribution in [0.3, 0.4) is 0 Å². The summed E-state index contributed by atoms with van der Waals surface area (Å²) < 4.78 is 37.6. The Labute approximate surface area is 271 Å². The molecule has 242 valence electrons. The first-order valence-electron chi connectivity index (χ1n) is 17.7. The number of hydrogen-bond acceptors (Lipinski definition) is 1. The zero-order valence-electron chi connectivity index (χ0n) is 27.8. The lowest BCUT2D eigenvalue weighted by Crippen LogP contribution is -2.31. The average molecular weight is 613 g/mol. The standard InChI is InChI=1S/C42H54F2O/c1-3-5-7-9-11-12-14-19-33-45-42(30-18-13-10-8-6-4-2)31-28-37(29-32-42)39-27-26-38(40(43)41(39)44)36-24-22-35(23-25-36)34-20-16-15-17-21-34/h15-17,20-29,31H,3-14,18-19,30,32-33H2,1-2H3. The molecular weight excluding hydrogens is 558 g/mol. The van der Waals surface area contributed by atoms with E-state index in [1.54, 1.807) is 12.1 Å². The van der Waals surface area contributed by atoms with E-state index in [0.717, 1.165) is 42.6 Å². The maximum Gasteiger partial charge on any atom is 0.167 e. The van der Waals surface area contributed by atoms with E-state index < -0.39 is 11.6 Å². The smallest absolute Gasteiger partial charge is 0.167 e. The molecule has 0 aromatic heterocycles. The molecule has 0 radical (unpaired) electrons. The van der Waals surface area contributed by atoms with Crippen molar-refractivity contribution in [2.75, 3.05) is 6.61 Å². The van der Waals surface area contributed by atoms with E-state index in [9.17, 15) is 0 Å². The van der Waals surface area contributed by atoms with Crippen molar-refractivity contribution < 1.29 is 13.5 Å². The van der Waals surface area contributed by atoms with Crippen LogP contribution in [0.25, 0.3) is 27.8 Å². The Balaban J connectivity index is 1.39. The molecule has 0 saturated carbocycles. The number of ether oxygens (including phenoxy) is 1. The fourth-order valence-corrected chi connectivity index (χ4v) is 6.41. The lowest BCUT2D eigenvalue weighted by atomic mass is 9.84. The normalized spacial score (nSPS) is 16.2. The summed E-state index contributed by atoms with van der Waals surface area (Å²) in [5, 5.41) is 0. The second-order valence-corrected chi connectivity index (χ2v) is 12.8. The fourth-order valence-electron chi connectivity index (χ4n) is 6.41. The Morgan fingerprint density at radius 3 is 1.73 bits per heavy atom. The van der Waals surface area contributed by atoms with Crippen molar-refractivity contribution in [2.24, 2.45) is 0 Å². The Morgan fingerprint density at radius 1 is 0.578 bits per heavy atom. The SMILES string of the molecule is CCCCCCCCCCOC1(CCCCCCCC)C=CC(c2ccc(-c3ccc(-c4ccccc4)cc3)c(F)c2F)=CC1. The van der Waals surface area contributed by atoms with Crippen LogP contribution in [0, 0.1) is 11.6 Å². The van der Waals surface area contributed by atoms with Crippen LogP contribution in [0.2, 0.25) is 0 Å². The van der Waals surface area contributed by atoms with E-state index in [1.807, 2.05) is 60.7 Å². The van der Waals surface area contributed by atoms with Gasteiger partial charge in [0.05, 0.1) is 5.60 Å². The van der Waals surface area contributed by atoms with Gasteiger partial charge in [-0.15, -0.1) is 0 Å². The number of hydrogen-bond donors (Lipinski definition) is 0. The van der Waals surface area contributed by atoms with Crippen molar-refractivity contribution in [1.29, 1.82) is 0 Å². The summed E-state index contributed by atoms with van der Waals surface area (Å²) in [6.45, 7) is 5.25. The quantitative estimate of drug-likeness (QED) is 0.115. The van der Waals surface area contributed by atoms with E-state index in [0.29, 0.717) is 17.5 Å². The largest absolute Gasteiger partial charge is 0.371 e. The molecule has 0 aliphatic heterocycles. The van der Waals surface area contributed by atoms with Crippen molar-refractivity contribution in [3.05, 3.63) is 102 Å². The molecule has 1 nitrogen and oxygen atoms in total. The van der Waals surface area contributed by atoms with E-state index in [-0.39, 0.29) is 11.2 Å². The minimum Gasteiger partial charge on any atom is -0.371 e. The van der Waals surface area contributed by atoms with Gasteiger partial charge in [-0.25, -0.2) is 8.78 Å². The maximum absolute atomic E-state index is 15.6. The third-order valence-electron chi connectivity index (χ3n) is 9.27. The summed E-state index contributed by atoms with van der Waals surface area (Å²) in [5.74, 6) is -1.59. The van der Waals surface area contributed by atoms with Crippen LogP contribution < -0.4 is 0 Å². The molecule has 1 atom stereocenters. The summed E-state index contributed by atoms with van der Waals surface area (Å²) in [5.41, 5.74) is 3.77. The van der Waals surface area contributed by atoms with Gasteiger partial charge in [0.15, 0.2) is 11.6 Å². The summed E-state index contributed by atoms with van der Waals surface area (Å²) >= 11 is 0. The fraction of sp³-hybridized carbons (Fsp3) is 0.476. The van der Waals surface area contributed by atoms with Gasteiger partial charge >= 0.3 is 0 Å². The monoisotopic (exact) mass is 612 g/mol. The van der Waals surface area contributed by atoms with Gasteiger partial charge in [-0.1, -0.05) is 182 Å². The molecular formula is C42H54F2O. The molecule has 0 amide bonds. The maximum atomic E-state index is 15.6. The van der Waals surface area contributed by atoms with Crippen molar-refractivity contribution >= 4 is 5.57 Å². The molecule has 0 heterocycles. The minimum atomic E-state index is -0.802. The summed E-state index contributed by atoms with van der Waals surface area (Å²) in [6, 6.07) is 21.1. The number of unbranched alkanes of at least 4 members (excludes halogenated alkanes) is 12. The highest BCUT2D eigenvalue weighted by molar-refractivity contribution is 5.78. The van der Waals surface area contributed by atoms with Crippen LogP contribution in [0.15, 0.2) is 85.0 Å². The number of benzene rings is 3. The molecule has 45 heavy (non-hydrogen) atoms. The third-order valence-corrected chi connectivity index (χ3v) is 9.27. The summed E-state index contributed by atoms with van der Waals surface area (Å²) in [4.78, 5) is 0. The topological polar surface area (TPSA) is 9.23 Å². The molecule has 0 bridgehead atoms. The van der Waals surface area contributed by atoms with Gasteiger partial charge in [-0.3, -0.25) is 0 Å². The summed E-state index contributed by atoms with van der Waals surface area (Å²) in [6.07, 6.45) is 25.4. The minimum absolute atomic E-state index is 0.280. The Morgan fingerprint density at radius 2 is 1.11 bits per heavy atom. The van der Waals surface area contributed by atoms with Gasteiger partial charge in [0.1, 0.15) is 0 Å². The zero-order chi connectivity index (χ0) is 31.7. The van der Waals surface area contributed by atoms with E-state index in [2.05, 4.69) is 26.0 Å². The van der Waals surface area contributed by atoms with Crippen LogP contribution in [0.1, 0.15) is 122 Å². The highest BCUT2D eigenvalue weighted by Gasteiger charge is 2.30. The summed E-state index contributed by atoms with van der Waals surface area (Å²) in [7, 11) is 0. The first kappa shape index (κ1) is 34.8. The Bertz CT molecular complexity index is 1340. The Hall–Kier alpha value is -3.04. The number of rotatable bonds is 20. The molecule has 0 fully saturated rings. The van der Waals surface area contributed by atoms with Crippen molar-refractivity contribution in [1.82, 2.24) is 0 Å². The van der Waals surface area contributed by atoms with E-state index >= 15 is 8.78 Å². The van der Waals surface area contributed by atoms with Crippen LogP contribution in [-0.4, -0.2) is 12.2 Å². The predicted octanol–water partition coefficient (Wildman–Crippen LogP) is 13.3. The first-order valence-corrected chi connectivity index (χ1v) is 17.7. The zero-order valence-corrected chi connectivity index (χ0v) is 27.8. The van der Waals surface area contributed by atoms with Gasteiger partial charge < -0.3 is 4.74 Å². The first-order chi connectivity index (χ1) is 22.1. The molecule has 0 saturated heterocycles. The molecule has 0 N–H and O–H groups in total. The van der Waals surface area contributed by atoms with Crippen molar-refractivity contribution in [3.8, 4) is 22.3 Å². The molecule has 0 spiro atoms. The van der Waals surface area contributed by atoms with Gasteiger partial charge in [0.2, 0.25) is 0 Å².